The van der Waals surface area contributed by atoms with E-state index in [1.165, 1.54) is 26.3 Å². The number of hydrogen-bond donors (Lipinski definition) is 3. The van der Waals surface area contributed by atoms with E-state index in [1.54, 1.807) is 49.4 Å². The van der Waals surface area contributed by atoms with Gasteiger partial charge in [-0.25, -0.2) is 9.59 Å². The molecule has 0 fully saturated rings. The lowest BCUT2D eigenvalue weighted by Crippen LogP contribution is -2.46. The van der Waals surface area contributed by atoms with Crippen molar-refractivity contribution in [3.8, 4) is 28.4 Å². The zero-order valence-corrected chi connectivity index (χ0v) is 30.4. The number of aromatic hydroxyl groups is 2. The van der Waals surface area contributed by atoms with Gasteiger partial charge in [0.25, 0.3) is 0 Å². The number of esters is 1. The third-order valence-corrected chi connectivity index (χ3v) is 10.1. The Morgan fingerprint density at radius 2 is 1.68 bits per heavy atom. The van der Waals surface area contributed by atoms with Crippen LogP contribution in [0.4, 0.5) is 4.79 Å². The zero-order valence-electron chi connectivity index (χ0n) is 29.4. The number of amides is 2. The van der Waals surface area contributed by atoms with Gasteiger partial charge in [0.1, 0.15) is 24.4 Å². The number of nitrogens with one attached hydrogen (secondary N) is 1. The molecular formula is C37H46N2O10Si. The lowest BCUT2D eigenvalue weighted by molar-refractivity contribution is -0.145. The minimum absolute atomic E-state index is 0.00659. The number of carbonyl (C=O) groups is 4. The van der Waals surface area contributed by atoms with E-state index in [-0.39, 0.29) is 60.2 Å². The number of phenolic OH excluding ortho intramolecular Hbond substituents is 2. The van der Waals surface area contributed by atoms with Crippen LogP contribution in [0.3, 0.4) is 0 Å². The number of ketones is 1. The van der Waals surface area contributed by atoms with Gasteiger partial charge in [0.05, 0.1) is 7.11 Å². The normalized spacial score (nSPS) is 18.0. The van der Waals surface area contributed by atoms with Crippen LogP contribution in [0.25, 0.3) is 11.1 Å². The fourth-order valence-corrected chi connectivity index (χ4v) is 6.31. The highest BCUT2D eigenvalue weighted by molar-refractivity contribution is 6.76. The predicted molar refractivity (Wildman–Crippen MR) is 188 cm³/mol. The molecule has 13 heteroatoms. The maximum absolute atomic E-state index is 14.1. The Labute approximate surface area is 293 Å². The average molecular weight is 707 g/mol. The summed E-state index contributed by atoms with van der Waals surface area (Å²) in [7, 11) is 1.21. The molecule has 3 aromatic rings. The minimum Gasteiger partial charge on any atom is -0.507 e. The van der Waals surface area contributed by atoms with Crippen LogP contribution in [0.2, 0.25) is 25.7 Å². The molecule has 0 saturated carbocycles. The monoisotopic (exact) mass is 706 g/mol. The van der Waals surface area contributed by atoms with Gasteiger partial charge in [-0.1, -0.05) is 63.0 Å². The summed E-state index contributed by atoms with van der Waals surface area (Å²) in [6, 6.07) is 15.0. The van der Waals surface area contributed by atoms with Crippen molar-refractivity contribution in [3.05, 3.63) is 77.4 Å². The van der Waals surface area contributed by atoms with E-state index >= 15 is 0 Å². The summed E-state index contributed by atoms with van der Waals surface area (Å²) < 4.78 is 22.2. The van der Waals surface area contributed by atoms with Crippen LogP contribution in [-0.2, 0) is 41.6 Å². The molecule has 4 rings (SSSR count). The summed E-state index contributed by atoms with van der Waals surface area (Å²) in [5.41, 5.74) is 1.89. The van der Waals surface area contributed by atoms with E-state index in [0.717, 1.165) is 16.5 Å². The van der Waals surface area contributed by atoms with Crippen molar-refractivity contribution in [2.45, 2.75) is 64.1 Å². The molecule has 0 aliphatic carbocycles. The van der Waals surface area contributed by atoms with Crippen LogP contribution < -0.4 is 10.1 Å². The zero-order chi connectivity index (χ0) is 36.6. The van der Waals surface area contributed by atoms with Crippen LogP contribution in [0, 0.1) is 5.92 Å². The molecule has 50 heavy (non-hydrogen) atoms. The van der Waals surface area contributed by atoms with E-state index in [1.807, 2.05) is 6.07 Å². The largest absolute Gasteiger partial charge is 0.507 e. The van der Waals surface area contributed by atoms with Gasteiger partial charge < -0.3 is 34.5 Å². The summed E-state index contributed by atoms with van der Waals surface area (Å²) >= 11 is 0. The first-order valence-electron chi connectivity index (χ1n) is 16.4. The summed E-state index contributed by atoms with van der Waals surface area (Å²) in [5, 5.41) is 25.2. The number of methoxy groups -OCH3 is 1. The summed E-state index contributed by atoms with van der Waals surface area (Å²) in [6.45, 7) is 8.40. The summed E-state index contributed by atoms with van der Waals surface area (Å²) in [4.78, 5) is 54.7. The molecular weight excluding hydrogens is 660 g/mol. The maximum Gasteiger partial charge on any atom is 0.410 e. The van der Waals surface area contributed by atoms with Gasteiger partial charge in [0.15, 0.2) is 24.1 Å². The Kier molecular flexibility index (Phi) is 12.7. The van der Waals surface area contributed by atoms with E-state index in [0.29, 0.717) is 12.2 Å². The molecule has 12 nitrogen and oxygen atoms in total. The number of carbonyl (C=O) groups excluding carboxylic acids is 4. The fourth-order valence-electron chi connectivity index (χ4n) is 5.55. The number of Topliss-reactive ketones (excluding diaryl/α,β-unsaturated/α-hetero) is 1. The minimum atomic E-state index is -1.38. The molecule has 3 aromatic carbocycles. The van der Waals surface area contributed by atoms with Crippen molar-refractivity contribution in [1.29, 1.82) is 0 Å². The van der Waals surface area contributed by atoms with Crippen LogP contribution in [0.5, 0.6) is 17.2 Å². The molecule has 0 radical (unpaired) electrons. The number of rotatable bonds is 10. The number of ether oxygens (including phenoxy) is 4. The lowest BCUT2D eigenvalue weighted by Gasteiger charge is -2.29. The molecule has 3 N–H and O–H groups in total. The number of nitrogens with zero attached hydrogens (tertiary/aromatic N) is 1. The quantitative estimate of drug-likeness (QED) is 0.105. The summed E-state index contributed by atoms with van der Waals surface area (Å²) in [6.07, 6.45) is -1.14. The molecule has 4 bridgehead atoms. The first kappa shape index (κ1) is 37.9. The number of phenols is 2. The van der Waals surface area contributed by atoms with Crippen molar-refractivity contribution >= 4 is 31.8 Å². The second-order valence-corrected chi connectivity index (χ2v) is 19.3. The van der Waals surface area contributed by atoms with Crippen molar-refractivity contribution < 1.29 is 48.3 Å². The van der Waals surface area contributed by atoms with Gasteiger partial charge in [0.2, 0.25) is 5.91 Å². The molecule has 0 saturated heterocycles. The van der Waals surface area contributed by atoms with E-state index < -0.39 is 49.8 Å². The maximum atomic E-state index is 14.1. The van der Waals surface area contributed by atoms with Crippen molar-refractivity contribution in [2.24, 2.45) is 5.92 Å². The third kappa shape index (κ3) is 9.85. The Balaban J connectivity index is 1.83. The van der Waals surface area contributed by atoms with Crippen LogP contribution in [-0.4, -0.2) is 80.5 Å². The van der Waals surface area contributed by atoms with Gasteiger partial charge in [-0.05, 0) is 47.0 Å². The Bertz CT molecular complexity index is 1690. The van der Waals surface area contributed by atoms with E-state index in [4.69, 9.17) is 18.9 Å². The third-order valence-electron chi connectivity index (χ3n) is 8.42. The number of likely N-dealkylation sites (N-methyl/N-ethyl adjacent to an activating group) is 1. The second kappa shape index (κ2) is 16.7. The molecule has 3 atom stereocenters. The fraction of sp³-hybridized carbons (Fsp3) is 0.405. The lowest BCUT2D eigenvalue weighted by atomic mass is 9.89. The van der Waals surface area contributed by atoms with Crippen molar-refractivity contribution in [2.75, 3.05) is 27.6 Å². The molecule has 2 amide bonds. The second-order valence-electron chi connectivity index (χ2n) is 13.7. The highest BCUT2D eigenvalue weighted by Crippen LogP contribution is 2.45. The first-order chi connectivity index (χ1) is 23.7. The molecule has 1 aliphatic rings. The molecule has 1 aliphatic heterocycles. The van der Waals surface area contributed by atoms with E-state index in [2.05, 4.69) is 25.0 Å². The van der Waals surface area contributed by atoms with Gasteiger partial charge in [-0.15, -0.1) is 0 Å². The molecule has 0 aromatic heterocycles. The average Bonchev–Trinajstić information content (AvgIpc) is 3.07. The summed E-state index contributed by atoms with van der Waals surface area (Å²) in [5.74, 6) is -3.29. The molecule has 268 valence electrons. The van der Waals surface area contributed by atoms with Gasteiger partial charge in [0, 0.05) is 51.6 Å². The standard InChI is InChI=1S/C37H46N2O10Si/c1-23-16-31(41)33(39(2)37(45)48-21-24-10-8-7-9-11-24)26-19-28(34(32(42)20-26)49-22-47-14-15-50(4,5)6)27-17-25(12-13-30(27)40)18-29(36(44)46-3)38-35(23)43/h7-13,17,19-20,23,29,33,40,42H,14-16,18,21-22H2,1-6H3,(H,38,43)/t23-,29+,33+/m1/s1. The highest BCUT2D eigenvalue weighted by Gasteiger charge is 2.35. The topological polar surface area (TPSA) is 161 Å². The van der Waals surface area contributed by atoms with Crippen molar-refractivity contribution in [1.82, 2.24) is 10.2 Å². The van der Waals surface area contributed by atoms with Crippen LogP contribution in [0.15, 0.2) is 60.7 Å². The Hall–Kier alpha value is -4.88. The highest BCUT2D eigenvalue weighted by atomic mass is 28.3. The van der Waals surface area contributed by atoms with Crippen LogP contribution in [0.1, 0.15) is 36.1 Å². The van der Waals surface area contributed by atoms with Crippen LogP contribution >= 0.6 is 0 Å². The number of fused-ring (bicyclic) bond motifs is 5. The van der Waals surface area contributed by atoms with Gasteiger partial charge >= 0.3 is 12.1 Å². The van der Waals surface area contributed by atoms with E-state index in [9.17, 15) is 29.4 Å². The number of hydrogen-bond acceptors (Lipinski definition) is 10. The Morgan fingerprint density at radius 1 is 0.960 bits per heavy atom. The van der Waals surface area contributed by atoms with Crippen molar-refractivity contribution in [3.63, 3.8) is 0 Å². The van der Waals surface area contributed by atoms with Gasteiger partial charge in [-0.3, -0.25) is 14.5 Å². The molecule has 0 unspecified atom stereocenters. The predicted octanol–water partition coefficient (Wildman–Crippen LogP) is 5.57. The number of benzene rings is 3. The SMILES string of the molecule is COC(=O)[C@@H]1Cc2ccc(O)c(c2)-c2cc(cc(O)c2OCOCC[Si](C)(C)C)[C@H](N(C)C(=O)OCc2ccccc2)C(=O)C[C@@H](C)C(=O)N1. The molecule has 1 heterocycles. The first-order valence-corrected chi connectivity index (χ1v) is 20.1. The smallest absolute Gasteiger partial charge is 0.410 e. The van der Waals surface area contributed by atoms with Gasteiger partial charge in [-0.2, -0.15) is 0 Å². The Morgan fingerprint density at radius 3 is 2.36 bits per heavy atom. The molecule has 0 spiro atoms.